The highest BCUT2D eigenvalue weighted by Gasteiger charge is 2.17. The van der Waals surface area contributed by atoms with Crippen LogP contribution in [0.3, 0.4) is 0 Å². The summed E-state index contributed by atoms with van der Waals surface area (Å²) in [5.41, 5.74) is 3.60. The van der Waals surface area contributed by atoms with E-state index >= 15 is 0 Å². The first kappa shape index (κ1) is 21.4. The molecule has 0 unspecified atom stereocenters. The van der Waals surface area contributed by atoms with Crippen molar-refractivity contribution >= 4 is 23.2 Å². The molecule has 0 radical (unpaired) electrons. The molecule has 2 aromatic carbocycles. The van der Waals surface area contributed by atoms with E-state index in [9.17, 15) is 4.79 Å². The predicted molar refractivity (Wildman–Crippen MR) is 124 cm³/mol. The third-order valence-corrected chi connectivity index (χ3v) is 5.93. The van der Waals surface area contributed by atoms with Crippen LogP contribution in [0.5, 0.6) is 5.75 Å². The number of ether oxygens (including phenoxy) is 1. The molecule has 1 amide bonds. The van der Waals surface area contributed by atoms with Gasteiger partial charge in [-0.3, -0.25) is 4.79 Å². The summed E-state index contributed by atoms with van der Waals surface area (Å²) in [6.45, 7) is 2.48. The summed E-state index contributed by atoms with van der Waals surface area (Å²) in [7, 11) is 0. The molecule has 31 heavy (non-hydrogen) atoms. The molecule has 0 spiro atoms. The van der Waals surface area contributed by atoms with Gasteiger partial charge in [-0.25, -0.2) is 4.98 Å². The molecule has 2 heterocycles. The monoisotopic (exact) mass is 438 g/mol. The van der Waals surface area contributed by atoms with Gasteiger partial charge in [-0.05, 0) is 61.7 Å². The van der Waals surface area contributed by atoms with Crippen LogP contribution in [0.2, 0.25) is 5.02 Å². The van der Waals surface area contributed by atoms with Crippen LogP contribution in [0.25, 0.3) is 11.3 Å². The van der Waals surface area contributed by atoms with Crippen LogP contribution >= 0.6 is 11.6 Å². The lowest BCUT2D eigenvalue weighted by molar-refractivity contribution is -0.117. The van der Waals surface area contributed by atoms with E-state index in [0.29, 0.717) is 30.4 Å². The number of aromatic amines is 1. The van der Waals surface area contributed by atoms with Crippen molar-refractivity contribution in [2.24, 2.45) is 5.92 Å². The molecule has 0 bridgehead atoms. The van der Waals surface area contributed by atoms with Gasteiger partial charge in [-0.15, -0.1) is 0 Å². The van der Waals surface area contributed by atoms with E-state index in [-0.39, 0.29) is 5.91 Å². The van der Waals surface area contributed by atoms with Gasteiger partial charge in [0.25, 0.3) is 0 Å². The Morgan fingerprint density at radius 3 is 2.81 bits per heavy atom. The number of piperidine rings is 1. The summed E-state index contributed by atoms with van der Waals surface area (Å²) >= 11 is 6.47. The van der Waals surface area contributed by atoms with E-state index in [0.717, 1.165) is 54.2 Å². The molecule has 3 N–H and O–H groups in total. The molecule has 0 aliphatic carbocycles. The first-order chi connectivity index (χ1) is 15.2. The lowest BCUT2D eigenvalue weighted by Crippen LogP contribution is -2.30. The molecular weight excluding hydrogens is 412 g/mol. The maximum Gasteiger partial charge on any atom is 0.224 e. The van der Waals surface area contributed by atoms with Gasteiger partial charge in [0, 0.05) is 29.1 Å². The number of amides is 1. The van der Waals surface area contributed by atoms with Crippen LogP contribution < -0.4 is 15.4 Å². The number of hydrogen-bond acceptors (Lipinski definition) is 4. The second kappa shape index (κ2) is 10.5. The van der Waals surface area contributed by atoms with E-state index in [1.54, 1.807) is 12.5 Å². The molecule has 1 saturated heterocycles. The molecule has 3 aromatic rings. The van der Waals surface area contributed by atoms with Crippen molar-refractivity contribution in [2.45, 2.75) is 25.7 Å². The first-order valence-corrected chi connectivity index (χ1v) is 11.1. The lowest BCUT2D eigenvalue weighted by Gasteiger charge is -2.22. The zero-order valence-electron chi connectivity index (χ0n) is 17.4. The van der Waals surface area contributed by atoms with Crippen molar-refractivity contribution in [1.82, 2.24) is 15.3 Å². The summed E-state index contributed by atoms with van der Waals surface area (Å²) in [5, 5.41) is 6.93. The van der Waals surface area contributed by atoms with Gasteiger partial charge in [0.15, 0.2) is 0 Å². The fourth-order valence-electron chi connectivity index (χ4n) is 3.88. The van der Waals surface area contributed by atoms with Gasteiger partial charge < -0.3 is 20.4 Å². The minimum Gasteiger partial charge on any atom is -0.493 e. The maximum atomic E-state index is 12.3. The Labute approximate surface area is 187 Å². The Hall–Kier alpha value is -2.83. The molecule has 1 fully saturated rings. The van der Waals surface area contributed by atoms with Gasteiger partial charge >= 0.3 is 0 Å². The van der Waals surface area contributed by atoms with Crippen molar-refractivity contribution in [1.29, 1.82) is 0 Å². The Balaban J connectivity index is 1.31. The fourth-order valence-corrected chi connectivity index (χ4v) is 4.15. The Kier molecular flexibility index (Phi) is 7.22. The number of halogens is 1. The van der Waals surface area contributed by atoms with E-state index in [1.807, 2.05) is 42.5 Å². The zero-order valence-corrected chi connectivity index (χ0v) is 18.1. The third kappa shape index (κ3) is 5.87. The zero-order chi connectivity index (χ0) is 21.5. The maximum absolute atomic E-state index is 12.3. The second-order valence-electron chi connectivity index (χ2n) is 7.81. The van der Waals surface area contributed by atoms with Crippen LogP contribution in [0, 0.1) is 5.92 Å². The quantitative estimate of drug-likeness (QED) is 0.477. The molecule has 6 nitrogen and oxygen atoms in total. The molecule has 1 aromatic heterocycles. The van der Waals surface area contributed by atoms with Gasteiger partial charge in [0.1, 0.15) is 5.75 Å². The van der Waals surface area contributed by atoms with Crippen molar-refractivity contribution < 1.29 is 9.53 Å². The summed E-state index contributed by atoms with van der Waals surface area (Å²) < 4.78 is 6.02. The van der Waals surface area contributed by atoms with Gasteiger partial charge in [-0.1, -0.05) is 29.8 Å². The number of rotatable bonds is 8. The van der Waals surface area contributed by atoms with Crippen molar-refractivity contribution in [3.63, 3.8) is 0 Å². The summed E-state index contributed by atoms with van der Waals surface area (Å²) in [6, 6.07) is 13.5. The van der Waals surface area contributed by atoms with Crippen molar-refractivity contribution in [3.8, 4) is 17.0 Å². The summed E-state index contributed by atoms with van der Waals surface area (Å²) in [5.74, 6) is 1.30. The number of imidazole rings is 1. The number of nitrogens with zero attached hydrogens (tertiary/aromatic N) is 1. The van der Waals surface area contributed by atoms with E-state index < -0.39 is 0 Å². The minimum absolute atomic E-state index is 0.0504. The molecular formula is C24H27ClN4O2. The highest BCUT2D eigenvalue weighted by Crippen LogP contribution is 2.28. The molecule has 1 aliphatic heterocycles. The van der Waals surface area contributed by atoms with Crippen LogP contribution in [-0.4, -0.2) is 35.6 Å². The molecule has 1 aliphatic rings. The fraction of sp³-hybridized carbons (Fsp3) is 0.333. The Morgan fingerprint density at radius 2 is 2.03 bits per heavy atom. The van der Waals surface area contributed by atoms with Crippen LogP contribution in [0.15, 0.2) is 55.0 Å². The smallest absolute Gasteiger partial charge is 0.224 e. The summed E-state index contributed by atoms with van der Waals surface area (Å²) in [4.78, 5) is 19.5. The SMILES string of the molecule is O=C(CC1CCNCC1)Nc1ccc(CCOc2ccccc2-c2cnc[nH]2)c(Cl)c1. The Bertz CT molecular complexity index is 1000. The van der Waals surface area contributed by atoms with E-state index in [4.69, 9.17) is 16.3 Å². The topological polar surface area (TPSA) is 79.0 Å². The number of nitrogens with one attached hydrogen (secondary N) is 3. The van der Waals surface area contributed by atoms with Gasteiger partial charge in [0.2, 0.25) is 5.91 Å². The third-order valence-electron chi connectivity index (χ3n) is 5.57. The highest BCUT2D eigenvalue weighted by atomic mass is 35.5. The van der Waals surface area contributed by atoms with Gasteiger partial charge in [0.05, 0.1) is 24.8 Å². The highest BCUT2D eigenvalue weighted by molar-refractivity contribution is 6.31. The number of aromatic nitrogens is 2. The van der Waals surface area contributed by atoms with Crippen LogP contribution in [0.1, 0.15) is 24.8 Å². The molecule has 162 valence electrons. The molecule has 0 atom stereocenters. The lowest BCUT2D eigenvalue weighted by atomic mass is 9.94. The van der Waals surface area contributed by atoms with Gasteiger partial charge in [-0.2, -0.15) is 0 Å². The average molecular weight is 439 g/mol. The number of hydrogen-bond donors (Lipinski definition) is 3. The van der Waals surface area contributed by atoms with Crippen LogP contribution in [0.4, 0.5) is 5.69 Å². The van der Waals surface area contributed by atoms with Crippen molar-refractivity contribution in [2.75, 3.05) is 25.0 Å². The summed E-state index contributed by atoms with van der Waals surface area (Å²) in [6.07, 6.45) is 6.76. The number of carbonyl (C=O) groups excluding carboxylic acids is 1. The number of para-hydroxylation sites is 1. The standard InChI is InChI=1S/C24H27ClN4O2/c25-21-14-19(29-24(30)13-17-7-10-26-11-8-17)6-5-18(21)9-12-31-23-4-2-1-3-20(23)22-15-27-16-28-22/h1-6,14-17,26H,7-13H2,(H,27,28)(H,29,30). The second-order valence-corrected chi connectivity index (χ2v) is 8.22. The van der Waals surface area contributed by atoms with Crippen molar-refractivity contribution in [3.05, 3.63) is 65.6 Å². The van der Waals surface area contributed by atoms with E-state index in [2.05, 4.69) is 20.6 Å². The first-order valence-electron chi connectivity index (χ1n) is 10.7. The predicted octanol–water partition coefficient (Wildman–Crippen LogP) is 4.68. The normalized spacial score (nSPS) is 14.4. The van der Waals surface area contributed by atoms with E-state index in [1.165, 1.54) is 0 Å². The average Bonchev–Trinajstić information content (AvgIpc) is 3.31. The number of carbonyl (C=O) groups is 1. The number of benzene rings is 2. The minimum atomic E-state index is 0.0504. The molecule has 4 rings (SSSR count). The largest absolute Gasteiger partial charge is 0.493 e. The number of H-pyrrole nitrogens is 1. The number of anilines is 1. The molecule has 0 saturated carbocycles. The molecule has 7 heteroatoms. The Morgan fingerprint density at radius 1 is 1.19 bits per heavy atom. The van der Waals surface area contributed by atoms with Crippen LogP contribution in [-0.2, 0) is 11.2 Å².